The molecule has 1 aliphatic rings. The third-order valence-electron chi connectivity index (χ3n) is 8.33. The maximum Gasteiger partial charge on any atom is 0.326 e. The summed E-state index contributed by atoms with van der Waals surface area (Å²) in [6.45, 7) is 0.377. The topological polar surface area (TPSA) is 457 Å². The fourth-order valence-electron chi connectivity index (χ4n) is 5.45. The number of carboxylic acids is 2. The average Bonchev–Trinajstić information content (AvgIpc) is 3.61. The lowest BCUT2D eigenvalue weighted by Crippen LogP contribution is -2.62. The molecule has 320 valence electrons. The van der Waals surface area contributed by atoms with Crippen molar-refractivity contribution in [2.75, 3.05) is 19.7 Å². The first-order valence-corrected chi connectivity index (χ1v) is 17.5. The van der Waals surface area contributed by atoms with Gasteiger partial charge in [0.25, 0.3) is 0 Å². The number of nitrogens with zero attached hydrogens (tertiary/aromatic N) is 2. The zero-order chi connectivity index (χ0) is 43.6. The quantitative estimate of drug-likeness (QED) is 0.0231. The molecule has 1 fully saturated rings. The van der Waals surface area contributed by atoms with Crippen molar-refractivity contribution in [2.24, 2.45) is 33.7 Å². The van der Waals surface area contributed by atoms with E-state index in [1.807, 2.05) is 0 Å². The van der Waals surface area contributed by atoms with Gasteiger partial charge in [0.05, 0.1) is 25.6 Å². The van der Waals surface area contributed by atoms with Crippen molar-refractivity contribution in [3.05, 3.63) is 0 Å². The predicted octanol–water partition coefficient (Wildman–Crippen LogP) is -8.14. The number of aliphatic imine (C=N–C) groups is 1. The van der Waals surface area contributed by atoms with E-state index in [-0.39, 0.29) is 38.3 Å². The first kappa shape index (κ1) is 48.9. The number of likely N-dealkylation sites (tertiary alicyclic amines) is 1. The molecule has 26 heteroatoms. The van der Waals surface area contributed by atoms with Crippen molar-refractivity contribution in [2.45, 2.75) is 107 Å². The lowest BCUT2D eigenvalue weighted by Gasteiger charge is -2.29. The molecular formula is C31H52N12O14. The first-order valence-electron chi connectivity index (χ1n) is 17.5. The van der Waals surface area contributed by atoms with Crippen molar-refractivity contribution < 1.29 is 68.4 Å². The molecule has 0 unspecified atom stereocenters. The molecule has 8 atom stereocenters. The number of carbonyl (C=O) groups excluding carboxylic acids is 8. The van der Waals surface area contributed by atoms with E-state index in [4.69, 9.17) is 33.8 Å². The largest absolute Gasteiger partial charge is 0.481 e. The number of aliphatic hydroxyl groups is 2. The normalized spacial score (nSPS) is 17.2. The van der Waals surface area contributed by atoms with Crippen molar-refractivity contribution >= 4 is 65.2 Å². The van der Waals surface area contributed by atoms with Crippen LogP contribution in [-0.2, 0) is 47.9 Å². The van der Waals surface area contributed by atoms with Crippen molar-refractivity contribution in [1.29, 1.82) is 0 Å². The SMILES string of the molecule is C[C@@H](O)[C@H](NC(=O)[C@H](CC(N)=O)NC(=O)[C@H](CC(N)=O)NC(=O)[C@@H]1CCCN1C(=O)[C@@H](N)CO)C(=O)N[C@@H](CCCN=C(N)N)C(=O)N[C@@H](CCC(=O)O)C(=O)O. The van der Waals surface area contributed by atoms with Crippen LogP contribution >= 0.6 is 0 Å². The summed E-state index contributed by atoms with van der Waals surface area (Å²) < 4.78 is 0. The highest BCUT2D eigenvalue weighted by molar-refractivity contribution is 5.99. The molecule has 1 rings (SSSR count). The second-order valence-electron chi connectivity index (χ2n) is 13.0. The van der Waals surface area contributed by atoms with Gasteiger partial charge in [0.1, 0.15) is 42.3 Å². The van der Waals surface area contributed by atoms with Crippen LogP contribution in [0.1, 0.15) is 58.3 Å². The molecule has 0 spiro atoms. The molecule has 0 aromatic rings. The Morgan fingerprint density at radius 1 is 0.754 bits per heavy atom. The van der Waals surface area contributed by atoms with E-state index >= 15 is 0 Å². The summed E-state index contributed by atoms with van der Waals surface area (Å²) in [4.78, 5) is 131. The number of rotatable bonds is 25. The molecule has 19 N–H and O–H groups in total. The van der Waals surface area contributed by atoms with Gasteiger partial charge in [-0.05, 0) is 39.0 Å². The number of guanidine groups is 1. The van der Waals surface area contributed by atoms with Crippen molar-refractivity contribution in [3.63, 3.8) is 0 Å². The number of nitrogens with two attached hydrogens (primary N) is 5. The molecule has 0 aliphatic carbocycles. The molecule has 8 amide bonds. The van der Waals surface area contributed by atoms with Crippen molar-refractivity contribution in [1.82, 2.24) is 31.5 Å². The Balaban J connectivity index is 3.28. The van der Waals surface area contributed by atoms with Gasteiger partial charge in [-0.25, -0.2) is 4.79 Å². The monoisotopic (exact) mass is 816 g/mol. The van der Waals surface area contributed by atoms with E-state index in [0.29, 0.717) is 6.42 Å². The molecule has 0 radical (unpaired) electrons. The van der Waals surface area contributed by atoms with E-state index in [2.05, 4.69) is 31.6 Å². The fourth-order valence-corrected chi connectivity index (χ4v) is 5.45. The van der Waals surface area contributed by atoms with Gasteiger partial charge < -0.3 is 80.6 Å². The number of amides is 8. The zero-order valence-corrected chi connectivity index (χ0v) is 31.0. The minimum atomic E-state index is -1.92. The predicted molar refractivity (Wildman–Crippen MR) is 193 cm³/mol. The van der Waals surface area contributed by atoms with E-state index in [9.17, 15) is 63.3 Å². The van der Waals surface area contributed by atoms with Crippen LogP contribution in [0, 0.1) is 0 Å². The van der Waals surface area contributed by atoms with Crippen LogP contribution < -0.4 is 55.3 Å². The lowest BCUT2D eigenvalue weighted by molar-refractivity contribution is -0.143. The van der Waals surface area contributed by atoms with Gasteiger partial charge in [0, 0.05) is 19.5 Å². The van der Waals surface area contributed by atoms with Crippen LogP contribution in [0.4, 0.5) is 0 Å². The highest BCUT2D eigenvalue weighted by Gasteiger charge is 2.39. The molecule has 57 heavy (non-hydrogen) atoms. The molecule has 1 heterocycles. The van der Waals surface area contributed by atoms with Crippen LogP contribution in [0.5, 0.6) is 0 Å². The number of hydrogen-bond donors (Lipinski definition) is 14. The first-order chi connectivity index (χ1) is 26.6. The number of carbonyl (C=O) groups is 10. The van der Waals surface area contributed by atoms with E-state index in [1.54, 1.807) is 0 Å². The third-order valence-corrected chi connectivity index (χ3v) is 8.33. The second-order valence-corrected chi connectivity index (χ2v) is 13.0. The van der Waals surface area contributed by atoms with Gasteiger partial charge in [-0.1, -0.05) is 0 Å². The zero-order valence-electron chi connectivity index (χ0n) is 31.0. The Bertz CT molecular complexity index is 1540. The van der Waals surface area contributed by atoms with Gasteiger partial charge in [0.2, 0.25) is 47.3 Å². The van der Waals surface area contributed by atoms with Crippen molar-refractivity contribution in [3.8, 4) is 0 Å². The Morgan fingerprint density at radius 3 is 1.79 bits per heavy atom. The van der Waals surface area contributed by atoms with E-state index in [1.165, 1.54) is 0 Å². The van der Waals surface area contributed by atoms with Gasteiger partial charge in [-0.15, -0.1) is 0 Å². The number of aliphatic hydroxyl groups excluding tert-OH is 2. The fraction of sp³-hybridized carbons (Fsp3) is 0.645. The molecule has 0 saturated carbocycles. The minimum Gasteiger partial charge on any atom is -0.481 e. The minimum absolute atomic E-state index is 0.0237. The highest BCUT2D eigenvalue weighted by atomic mass is 16.4. The second kappa shape index (κ2) is 23.7. The number of carboxylic acid groups (broad SMARTS) is 2. The summed E-state index contributed by atoms with van der Waals surface area (Å²) >= 11 is 0. The number of nitrogens with one attached hydrogen (secondary N) is 5. The summed E-state index contributed by atoms with van der Waals surface area (Å²) in [6.07, 6.45) is -4.37. The Morgan fingerprint density at radius 2 is 1.28 bits per heavy atom. The Labute approximate surface area is 325 Å². The summed E-state index contributed by atoms with van der Waals surface area (Å²) in [5.41, 5.74) is 26.8. The molecule has 0 bridgehead atoms. The Kier molecular flexibility index (Phi) is 20.3. The highest BCUT2D eigenvalue weighted by Crippen LogP contribution is 2.19. The maximum atomic E-state index is 13.5. The average molecular weight is 817 g/mol. The third kappa shape index (κ3) is 17.0. The molecule has 1 saturated heterocycles. The smallest absolute Gasteiger partial charge is 0.326 e. The van der Waals surface area contributed by atoms with Crippen LogP contribution in [0.3, 0.4) is 0 Å². The Hall–Kier alpha value is -6.15. The number of primary amides is 2. The molecule has 1 aliphatic heterocycles. The summed E-state index contributed by atoms with van der Waals surface area (Å²) in [5, 5.41) is 49.1. The van der Waals surface area contributed by atoms with Crippen LogP contribution in [-0.4, -0.2) is 159 Å². The number of hydrogen-bond acceptors (Lipinski definition) is 14. The van der Waals surface area contributed by atoms with Gasteiger partial charge in [0.15, 0.2) is 5.96 Å². The van der Waals surface area contributed by atoms with Crippen LogP contribution in [0.15, 0.2) is 4.99 Å². The lowest BCUT2D eigenvalue weighted by atomic mass is 10.1. The van der Waals surface area contributed by atoms with Gasteiger partial charge in [-0.2, -0.15) is 0 Å². The molecule has 0 aromatic heterocycles. The molecular weight excluding hydrogens is 764 g/mol. The summed E-state index contributed by atoms with van der Waals surface area (Å²) in [7, 11) is 0. The van der Waals surface area contributed by atoms with E-state index < -0.39 is 140 Å². The summed E-state index contributed by atoms with van der Waals surface area (Å²) in [5.74, 6) is -12.0. The van der Waals surface area contributed by atoms with Crippen LogP contribution in [0.2, 0.25) is 0 Å². The number of aliphatic carboxylic acids is 2. The molecule has 26 nitrogen and oxygen atoms in total. The standard InChI is InChI=1S/C31H52N12O14/c1-13(45)23(28(54)38-15(4-2-8-37-31(35)36)24(50)39-16(30(56)57)6-7-22(48)49)42-26(52)18(11-21(34)47)40-25(51)17(10-20(33)46)41-27(53)19-5-3-9-43(19)29(55)14(32)12-44/h13-19,23,44-45H,2-12,32H2,1H3,(H2,33,46)(H2,34,47)(H,38,54)(H,39,50)(H,40,51)(H,41,53)(H,42,52)(H,48,49)(H,56,57)(H4,35,36,37)/t13-,14+,15+,16+,17+,18+,19+,23+/m1/s1. The van der Waals surface area contributed by atoms with Gasteiger partial charge >= 0.3 is 11.9 Å². The molecule has 0 aromatic carbocycles. The van der Waals surface area contributed by atoms with Gasteiger partial charge in [-0.3, -0.25) is 48.1 Å². The maximum absolute atomic E-state index is 13.5. The van der Waals surface area contributed by atoms with Crippen LogP contribution in [0.25, 0.3) is 0 Å². The summed E-state index contributed by atoms with van der Waals surface area (Å²) in [6, 6.07) is -11.4. The van der Waals surface area contributed by atoms with E-state index in [0.717, 1.165) is 11.8 Å².